The number of sulfone groups is 1. The Bertz CT molecular complexity index is 1270. The fourth-order valence-electron chi connectivity index (χ4n) is 3.29. The number of benzene rings is 2. The molecule has 0 N–H and O–H groups in total. The highest BCUT2D eigenvalue weighted by atomic mass is 32.2. The van der Waals surface area contributed by atoms with Crippen LogP contribution in [0.1, 0.15) is 30.7 Å². The van der Waals surface area contributed by atoms with E-state index in [2.05, 4.69) is 24.0 Å². The summed E-state index contributed by atoms with van der Waals surface area (Å²) in [5.74, 6) is 1.58. The lowest BCUT2D eigenvalue weighted by molar-refractivity contribution is 0.413. The third-order valence-corrected chi connectivity index (χ3v) is 6.52. The van der Waals surface area contributed by atoms with Crippen LogP contribution >= 0.6 is 0 Å². The summed E-state index contributed by atoms with van der Waals surface area (Å²) in [4.78, 5) is 4.64. The monoisotopic (exact) mass is 436 g/mol. The number of rotatable bonds is 7. The van der Waals surface area contributed by atoms with Crippen molar-refractivity contribution in [3.63, 3.8) is 0 Å². The first-order chi connectivity index (χ1) is 14.8. The van der Waals surface area contributed by atoms with Crippen LogP contribution < -0.4 is 0 Å². The van der Waals surface area contributed by atoms with Gasteiger partial charge in [-0.15, -0.1) is 0 Å². The molecule has 2 aromatic heterocycles. The molecule has 0 fully saturated rings. The molecule has 6 nitrogen and oxygen atoms in total. The van der Waals surface area contributed by atoms with E-state index in [1.54, 1.807) is 24.3 Å². The van der Waals surface area contributed by atoms with Gasteiger partial charge in [-0.2, -0.15) is 4.98 Å². The number of hydrogen-bond acceptors (Lipinski definition) is 6. The Morgan fingerprint density at radius 1 is 0.935 bits per heavy atom. The number of nitrogens with zero attached hydrogens (tertiary/aromatic N) is 2. The molecule has 0 saturated heterocycles. The van der Waals surface area contributed by atoms with Crippen molar-refractivity contribution in [2.45, 2.75) is 37.8 Å². The molecule has 0 amide bonds. The van der Waals surface area contributed by atoms with Gasteiger partial charge in [-0.1, -0.05) is 61.0 Å². The number of furan rings is 1. The Labute approximate surface area is 181 Å². The molecular weight excluding hydrogens is 412 g/mol. The quantitative estimate of drug-likeness (QED) is 0.381. The van der Waals surface area contributed by atoms with Crippen LogP contribution in [0.25, 0.3) is 23.0 Å². The Balaban J connectivity index is 1.49. The molecule has 4 rings (SSSR count). The van der Waals surface area contributed by atoms with Gasteiger partial charge in [0.25, 0.3) is 5.89 Å². The van der Waals surface area contributed by atoms with Gasteiger partial charge in [-0.3, -0.25) is 0 Å². The van der Waals surface area contributed by atoms with Gasteiger partial charge >= 0.3 is 0 Å². The van der Waals surface area contributed by atoms with Crippen LogP contribution in [0.3, 0.4) is 0 Å². The zero-order valence-corrected chi connectivity index (χ0v) is 18.5. The minimum atomic E-state index is -3.53. The Hall–Kier alpha value is -3.19. The molecule has 0 aliphatic heterocycles. The summed E-state index contributed by atoms with van der Waals surface area (Å²) in [6.07, 6.45) is 0.913. The minimum absolute atomic E-state index is 0.206. The molecule has 0 unspecified atom stereocenters. The van der Waals surface area contributed by atoms with Gasteiger partial charge in [0.1, 0.15) is 11.5 Å². The number of aromatic nitrogens is 2. The van der Waals surface area contributed by atoms with Gasteiger partial charge in [0, 0.05) is 5.56 Å². The lowest BCUT2D eigenvalue weighted by atomic mass is 10.0. The Morgan fingerprint density at radius 2 is 1.65 bits per heavy atom. The van der Waals surface area contributed by atoms with Gasteiger partial charge in [0.2, 0.25) is 5.82 Å². The van der Waals surface area contributed by atoms with Crippen molar-refractivity contribution in [3.8, 4) is 23.0 Å². The summed E-state index contributed by atoms with van der Waals surface area (Å²) in [6, 6.07) is 18.1. The van der Waals surface area contributed by atoms with Crippen molar-refractivity contribution in [2.75, 3.05) is 0 Å². The smallest absolute Gasteiger partial charge is 0.293 e. The molecule has 2 aromatic carbocycles. The second-order valence-corrected chi connectivity index (χ2v) is 10.0. The Kier molecular flexibility index (Phi) is 5.78. The van der Waals surface area contributed by atoms with E-state index in [4.69, 9.17) is 8.94 Å². The first-order valence-corrected chi connectivity index (χ1v) is 11.8. The van der Waals surface area contributed by atoms with Gasteiger partial charge in [0.15, 0.2) is 15.6 Å². The topological polar surface area (TPSA) is 86.2 Å². The summed E-state index contributed by atoms with van der Waals surface area (Å²) in [5.41, 5.74) is 3.09. The van der Waals surface area contributed by atoms with Crippen molar-refractivity contribution in [3.05, 3.63) is 77.6 Å². The van der Waals surface area contributed by atoms with E-state index in [-0.39, 0.29) is 16.5 Å². The molecule has 0 spiro atoms. The average Bonchev–Trinajstić information content (AvgIpc) is 3.38. The van der Waals surface area contributed by atoms with E-state index in [1.807, 2.05) is 43.3 Å². The van der Waals surface area contributed by atoms with E-state index in [1.165, 1.54) is 0 Å². The fourth-order valence-corrected chi connectivity index (χ4v) is 4.54. The normalized spacial score (nSPS) is 11.9. The summed E-state index contributed by atoms with van der Waals surface area (Å²) < 4.78 is 36.6. The maximum absolute atomic E-state index is 12.8. The highest BCUT2D eigenvalue weighted by Crippen LogP contribution is 2.26. The van der Waals surface area contributed by atoms with Gasteiger partial charge < -0.3 is 8.94 Å². The SMILES string of the molecule is Cc1ccc(-c2noc(-c3ccc(CS(=O)(=O)c4ccc(CC(C)C)cc4)o3)n2)cc1. The van der Waals surface area contributed by atoms with Crippen molar-refractivity contribution < 1.29 is 17.4 Å². The lowest BCUT2D eigenvalue weighted by Crippen LogP contribution is -2.04. The summed E-state index contributed by atoms with van der Waals surface area (Å²) in [7, 11) is -3.53. The van der Waals surface area contributed by atoms with Crippen LogP contribution in [0, 0.1) is 12.8 Å². The highest BCUT2D eigenvalue weighted by Gasteiger charge is 2.20. The summed E-state index contributed by atoms with van der Waals surface area (Å²) in [6.45, 7) is 6.27. The molecular formula is C24H24N2O4S. The molecule has 0 bridgehead atoms. The van der Waals surface area contributed by atoms with Crippen LogP contribution in [0.2, 0.25) is 0 Å². The predicted molar refractivity (Wildman–Crippen MR) is 118 cm³/mol. The van der Waals surface area contributed by atoms with Crippen molar-refractivity contribution in [1.82, 2.24) is 10.1 Å². The molecule has 0 atom stereocenters. The lowest BCUT2D eigenvalue weighted by Gasteiger charge is -2.07. The van der Waals surface area contributed by atoms with E-state index in [0.717, 1.165) is 23.1 Å². The average molecular weight is 437 g/mol. The fraction of sp³-hybridized carbons (Fsp3) is 0.250. The van der Waals surface area contributed by atoms with Crippen molar-refractivity contribution in [2.24, 2.45) is 5.92 Å². The molecule has 0 radical (unpaired) electrons. The van der Waals surface area contributed by atoms with E-state index in [9.17, 15) is 8.42 Å². The zero-order chi connectivity index (χ0) is 22.0. The largest absolute Gasteiger partial charge is 0.455 e. The first kappa shape index (κ1) is 21.1. The predicted octanol–water partition coefficient (Wildman–Crippen LogP) is 5.48. The third kappa shape index (κ3) is 4.94. The third-order valence-electron chi connectivity index (χ3n) is 4.87. The van der Waals surface area contributed by atoms with Crippen LogP contribution in [0.5, 0.6) is 0 Å². The van der Waals surface area contributed by atoms with Crippen LogP contribution in [-0.4, -0.2) is 18.6 Å². The molecule has 0 saturated carbocycles. The van der Waals surface area contributed by atoms with Crippen LogP contribution in [-0.2, 0) is 22.0 Å². The van der Waals surface area contributed by atoms with Gasteiger partial charge in [-0.25, -0.2) is 8.42 Å². The van der Waals surface area contributed by atoms with E-state index < -0.39 is 9.84 Å². The van der Waals surface area contributed by atoms with Gasteiger partial charge in [-0.05, 0) is 49.1 Å². The number of aryl methyl sites for hydroxylation is 1. The van der Waals surface area contributed by atoms with E-state index in [0.29, 0.717) is 23.3 Å². The molecule has 7 heteroatoms. The molecule has 4 aromatic rings. The van der Waals surface area contributed by atoms with Crippen molar-refractivity contribution >= 4 is 9.84 Å². The molecule has 31 heavy (non-hydrogen) atoms. The highest BCUT2D eigenvalue weighted by molar-refractivity contribution is 7.90. The maximum atomic E-state index is 12.8. The molecule has 2 heterocycles. The summed E-state index contributed by atoms with van der Waals surface area (Å²) in [5, 5.41) is 3.99. The molecule has 0 aliphatic rings. The standard InChI is InChI=1S/C24H24N2O4S/c1-16(2)14-18-6-11-21(12-7-18)31(27,28)15-20-10-13-22(29-20)24-25-23(26-30-24)19-8-4-17(3)5-9-19/h4-13,16H,14-15H2,1-3H3. The maximum Gasteiger partial charge on any atom is 0.293 e. The van der Waals surface area contributed by atoms with Gasteiger partial charge in [0.05, 0.1) is 4.90 Å². The van der Waals surface area contributed by atoms with Crippen LogP contribution in [0.4, 0.5) is 0 Å². The molecule has 160 valence electrons. The summed E-state index contributed by atoms with van der Waals surface area (Å²) >= 11 is 0. The van der Waals surface area contributed by atoms with E-state index >= 15 is 0 Å². The minimum Gasteiger partial charge on any atom is -0.455 e. The second-order valence-electron chi connectivity index (χ2n) is 8.06. The number of hydrogen-bond donors (Lipinski definition) is 0. The molecule has 0 aliphatic carbocycles. The van der Waals surface area contributed by atoms with Crippen molar-refractivity contribution in [1.29, 1.82) is 0 Å². The van der Waals surface area contributed by atoms with Crippen LogP contribution in [0.15, 0.2) is 74.5 Å². The first-order valence-electron chi connectivity index (χ1n) is 10.1. The zero-order valence-electron chi connectivity index (χ0n) is 17.7. The Morgan fingerprint density at radius 3 is 2.32 bits per heavy atom. The second kappa shape index (κ2) is 8.51.